The number of nitrogens with zero attached hydrogens (tertiary/aromatic N) is 1. The molecular formula is C21H28N2O3. The van der Waals surface area contributed by atoms with Crippen molar-refractivity contribution in [3.8, 4) is 5.75 Å². The Morgan fingerprint density at radius 1 is 1.23 bits per heavy atom. The van der Waals surface area contributed by atoms with Crippen LogP contribution in [0.15, 0.2) is 46.9 Å². The van der Waals surface area contributed by atoms with Crippen molar-refractivity contribution in [2.75, 3.05) is 19.6 Å². The molecule has 3 rings (SSSR count). The summed E-state index contributed by atoms with van der Waals surface area (Å²) in [5.74, 6) is 1.59. The summed E-state index contributed by atoms with van der Waals surface area (Å²) in [5, 5.41) is 2.94. The second-order valence-electron chi connectivity index (χ2n) is 6.86. The average Bonchev–Trinajstić information content (AvgIpc) is 3.15. The first-order valence-corrected chi connectivity index (χ1v) is 9.51. The molecule has 2 aromatic rings. The van der Waals surface area contributed by atoms with E-state index < -0.39 is 0 Å². The third-order valence-corrected chi connectivity index (χ3v) is 4.86. The molecule has 1 saturated heterocycles. The molecule has 0 bridgehead atoms. The van der Waals surface area contributed by atoms with E-state index in [1.807, 2.05) is 30.3 Å². The zero-order chi connectivity index (χ0) is 18.2. The highest BCUT2D eigenvalue weighted by Gasteiger charge is 2.17. The summed E-state index contributed by atoms with van der Waals surface area (Å²) < 4.78 is 11.2. The van der Waals surface area contributed by atoms with Crippen LogP contribution in [0.1, 0.15) is 48.9 Å². The van der Waals surface area contributed by atoms with Gasteiger partial charge in [-0.05, 0) is 57.0 Å². The molecule has 1 aliphatic heterocycles. The van der Waals surface area contributed by atoms with Gasteiger partial charge in [0.25, 0.3) is 5.91 Å². The van der Waals surface area contributed by atoms with Crippen molar-refractivity contribution < 1.29 is 13.9 Å². The van der Waals surface area contributed by atoms with Gasteiger partial charge in [-0.2, -0.15) is 0 Å². The molecule has 5 nitrogen and oxygen atoms in total. The van der Waals surface area contributed by atoms with E-state index in [1.54, 1.807) is 12.1 Å². The quantitative estimate of drug-likeness (QED) is 0.730. The Hall–Kier alpha value is -2.27. The third-order valence-electron chi connectivity index (χ3n) is 4.86. The molecule has 0 radical (unpaired) electrons. The molecule has 1 aromatic heterocycles. The van der Waals surface area contributed by atoms with Gasteiger partial charge in [0.05, 0.1) is 0 Å². The van der Waals surface area contributed by atoms with E-state index in [1.165, 1.54) is 25.8 Å². The van der Waals surface area contributed by atoms with E-state index in [9.17, 15) is 4.79 Å². The number of amides is 1. The molecular weight excluding hydrogens is 328 g/mol. The van der Waals surface area contributed by atoms with Crippen LogP contribution in [0.3, 0.4) is 0 Å². The van der Waals surface area contributed by atoms with Crippen molar-refractivity contribution in [2.24, 2.45) is 0 Å². The first kappa shape index (κ1) is 18.5. The number of rotatable bonds is 8. The minimum atomic E-state index is -0.164. The van der Waals surface area contributed by atoms with E-state index in [-0.39, 0.29) is 5.91 Å². The summed E-state index contributed by atoms with van der Waals surface area (Å²) in [5.41, 5.74) is 0. The Bertz CT molecular complexity index is 684. The number of carbonyl (C=O) groups excluding carboxylic acids is 1. The van der Waals surface area contributed by atoms with Gasteiger partial charge in [-0.1, -0.05) is 24.6 Å². The van der Waals surface area contributed by atoms with Gasteiger partial charge in [0.2, 0.25) is 0 Å². The van der Waals surface area contributed by atoms with E-state index in [0.29, 0.717) is 30.7 Å². The first-order valence-electron chi connectivity index (χ1n) is 9.51. The Balaban J connectivity index is 1.37. The highest BCUT2D eigenvalue weighted by atomic mass is 16.5. The fourth-order valence-corrected chi connectivity index (χ4v) is 3.31. The molecule has 0 unspecified atom stereocenters. The van der Waals surface area contributed by atoms with E-state index in [0.717, 1.165) is 18.7 Å². The number of hydrogen-bond acceptors (Lipinski definition) is 4. The predicted molar refractivity (Wildman–Crippen MR) is 101 cm³/mol. The van der Waals surface area contributed by atoms with Crippen LogP contribution in [0.5, 0.6) is 5.75 Å². The molecule has 0 saturated carbocycles. The molecule has 1 amide bonds. The van der Waals surface area contributed by atoms with E-state index in [4.69, 9.17) is 9.15 Å². The van der Waals surface area contributed by atoms with Crippen LogP contribution in [0.4, 0.5) is 0 Å². The lowest BCUT2D eigenvalue weighted by molar-refractivity contribution is 0.0917. The summed E-state index contributed by atoms with van der Waals surface area (Å²) in [6, 6.07) is 13.7. The highest BCUT2D eigenvalue weighted by Crippen LogP contribution is 2.16. The number of ether oxygens (including phenoxy) is 1. The zero-order valence-corrected chi connectivity index (χ0v) is 15.4. The summed E-state index contributed by atoms with van der Waals surface area (Å²) >= 11 is 0. The zero-order valence-electron chi connectivity index (χ0n) is 15.4. The number of nitrogens with one attached hydrogen (secondary N) is 1. The number of carbonyl (C=O) groups is 1. The van der Waals surface area contributed by atoms with Crippen molar-refractivity contribution in [3.05, 3.63) is 54.0 Å². The molecule has 5 heteroatoms. The van der Waals surface area contributed by atoms with Crippen LogP contribution >= 0.6 is 0 Å². The maximum Gasteiger partial charge on any atom is 0.286 e. The Labute approximate surface area is 155 Å². The van der Waals surface area contributed by atoms with Crippen molar-refractivity contribution in [1.29, 1.82) is 0 Å². The Kier molecular flexibility index (Phi) is 6.72. The maximum absolute atomic E-state index is 12.2. The lowest BCUT2D eigenvalue weighted by atomic mass is 10.0. The van der Waals surface area contributed by atoms with Gasteiger partial charge in [-0.15, -0.1) is 0 Å². The summed E-state index contributed by atoms with van der Waals surface area (Å²) in [6.45, 7) is 5.48. The molecule has 1 N–H and O–H groups in total. The maximum atomic E-state index is 12.2. The largest absolute Gasteiger partial charge is 0.486 e. The van der Waals surface area contributed by atoms with Gasteiger partial charge in [-0.3, -0.25) is 4.79 Å². The van der Waals surface area contributed by atoms with Gasteiger partial charge in [0.1, 0.15) is 18.1 Å². The van der Waals surface area contributed by atoms with E-state index in [2.05, 4.69) is 17.1 Å². The minimum absolute atomic E-state index is 0.164. The standard InChI is InChI=1S/C21H28N2O3/c1-17-8-5-6-14-23(17)15-7-13-22-21(24)20-12-11-19(26-20)16-25-18-9-3-2-4-10-18/h2-4,9-12,17H,5-8,13-16H2,1H3,(H,22,24)/t17-/m1/s1. The fourth-order valence-electron chi connectivity index (χ4n) is 3.31. The molecule has 2 heterocycles. The molecule has 1 fully saturated rings. The molecule has 1 atom stereocenters. The van der Waals surface area contributed by atoms with Crippen molar-refractivity contribution in [3.63, 3.8) is 0 Å². The molecule has 1 aliphatic rings. The van der Waals surface area contributed by atoms with Gasteiger partial charge in [0.15, 0.2) is 5.76 Å². The van der Waals surface area contributed by atoms with Crippen LogP contribution in [0.2, 0.25) is 0 Å². The molecule has 140 valence electrons. The topological polar surface area (TPSA) is 54.7 Å². The molecule has 0 aliphatic carbocycles. The lowest BCUT2D eigenvalue weighted by Crippen LogP contribution is -2.39. The Morgan fingerprint density at radius 3 is 2.88 bits per heavy atom. The second kappa shape index (κ2) is 9.43. The Morgan fingerprint density at radius 2 is 2.08 bits per heavy atom. The number of likely N-dealkylation sites (tertiary alicyclic amines) is 1. The van der Waals surface area contributed by atoms with Crippen LogP contribution < -0.4 is 10.1 Å². The normalized spacial score (nSPS) is 17.8. The molecule has 26 heavy (non-hydrogen) atoms. The SMILES string of the molecule is C[C@@H]1CCCCN1CCCNC(=O)c1ccc(COc2ccccc2)o1. The smallest absolute Gasteiger partial charge is 0.286 e. The van der Waals surface area contributed by atoms with Gasteiger partial charge < -0.3 is 19.4 Å². The highest BCUT2D eigenvalue weighted by molar-refractivity contribution is 5.91. The van der Waals surface area contributed by atoms with Crippen LogP contribution in [-0.4, -0.2) is 36.5 Å². The predicted octanol–water partition coefficient (Wildman–Crippen LogP) is 3.85. The number of para-hydroxylation sites is 1. The van der Waals surface area contributed by atoms with Gasteiger partial charge >= 0.3 is 0 Å². The summed E-state index contributed by atoms with van der Waals surface area (Å²) in [7, 11) is 0. The number of piperidine rings is 1. The summed E-state index contributed by atoms with van der Waals surface area (Å²) in [6.07, 6.45) is 4.87. The first-order chi connectivity index (χ1) is 12.7. The van der Waals surface area contributed by atoms with Crippen molar-refractivity contribution >= 4 is 5.91 Å². The summed E-state index contributed by atoms with van der Waals surface area (Å²) in [4.78, 5) is 14.7. The van der Waals surface area contributed by atoms with E-state index >= 15 is 0 Å². The third kappa shape index (κ3) is 5.36. The number of hydrogen-bond donors (Lipinski definition) is 1. The van der Waals surface area contributed by atoms with Crippen LogP contribution in [0, 0.1) is 0 Å². The molecule has 1 aromatic carbocycles. The van der Waals surface area contributed by atoms with Gasteiger partial charge in [0, 0.05) is 19.1 Å². The average molecular weight is 356 g/mol. The van der Waals surface area contributed by atoms with Crippen molar-refractivity contribution in [2.45, 2.75) is 45.3 Å². The van der Waals surface area contributed by atoms with Gasteiger partial charge in [-0.25, -0.2) is 0 Å². The van der Waals surface area contributed by atoms with Crippen LogP contribution in [0.25, 0.3) is 0 Å². The number of benzene rings is 1. The lowest BCUT2D eigenvalue weighted by Gasteiger charge is -2.33. The fraction of sp³-hybridized carbons (Fsp3) is 0.476. The van der Waals surface area contributed by atoms with Crippen molar-refractivity contribution in [1.82, 2.24) is 10.2 Å². The second-order valence-corrected chi connectivity index (χ2v) is 6.86. The monoisotopic (exact) mass is 356 g/mol. The molecule has 0 spiro atoms. The number of furan rings is 1. The minimum Gasteiger partial charge on any atom is -0.486 e. The van der Waals surface area contributed by atoms with Crippen LogP contribution in [-0.2, 0) is 6.61 Å².